The van der Waals surface area contributed by atoms with E-state index in [1.54, 1.807) is 17.6 Å². The summed E-state index contributed by atoms with van der Waals surface area (Å²) in [6.45, 7) is 7.38. The Kier molecular flexibility index (Phi) is 6.76. The van der Waals surface area contributed by atoms with E-state index >= 15 is 0 Å². The smallest absolute Gasteiger partial charge is 0.383 e. The molecule has 0 aliphatic carbocycles. The average molecular weight is 618 g/mol. The average Bonchev–Trinajstić information content (AvgIpc) is 3.36. The molecule has 1 aliphatic heterocycles. The van der Waals surface area contributed by atoms with Crippen molar-refractivity contribution in [2.75, 3.05) is 17.6 Å². The molecular weight excluding hydrogens is 591 g/mol. The molecule has 0 radical (unpaired) electrons. The van der Waals surface area contributed by atoms with E-state index in [1.165, 1.54) is 11.2 Å². The van der Waals surface area contributed by atoms with Crippen molar-refractivity contribution in [1.82, 2.24) is 24.4 Å². The van der Waals surface area contributed by atoms with E-state index in [4.69, 9.17) is 5.73 Å². The number of alkyl halides is 3. The van der Waals surface area contributed by atoms with E-state index in [0.717, 1.165) is 17.7 Å². The van der Waals surface area contributed by atoms with Crippen LogP contribution in [0, 0.1) is 19.3 Å². The Labute approximate surface area is 236 Å². The monoisotopic (exact) mass is 617 g/mol. The Hall–Kier alpha value is -3.74. The highest BCUT2D eigenvalue weighted by Crippen LogP contribution is 2.39. The van der Waals surface area contributed by atoms with Gasteiger partial charge in [0, 0.05) is 11.9 Å². The molecule has 1 fully saturated rings. The predicted molar refractivity (Wildman–Crippen MR) is 148 cm³/mol. The Balaban J connectivity index is 1.54. The number of fused-ring (bicyclic) bond motifs is 3. The number of aryl methyl sites for hydroxylation is 2. The minimum Gasteiger partial charge on any atom is -0.383 e. The van der Waals surface area contributed by atoms with Crippen LogP contribution in [0.15, 0.2) is 35.2 Å². The zero-order valence-electron chi connectivity index (χ0n) is 22.2. The van der Waals surface area contributed by atoms with Gasteiger partial charge in [-0.3, -0.25) is 9.59 Å². The molecule has 13 heteroatoms. The third-order valence-electron chi connectivity index (χ3n) is 7.22. The van der Waals surface area contributed by atoms with E-state index in [-0.39, 0.29) is 46.0 Å². The van der Waals surface area contributed by atoms with Crippen molar-refractivity contribution >= 4 is 61.3 Å². The van der Waals surface area contributed by atoms with Crippen molar-refractivity contribution in [2.45, 2.75) is 52.9 Å². The lowest BCUT2D eigenvalue weighted by molar-refractivity contribution is -0.137. The molecule has 210 valence electrons. The first-order chi connectivity index (χ1) is 18.7. The molecule has 1 aliphatic rings. The second kappa shape index (κ2) is 9.72. The number of benzene rings is 1. The standard InChI is InChI=1S/C27H27BrF3N7O2/c1-13-5-6-18(28)35-23(13)36-25(40)17-9-26(3,4)11-38(17)19(39)10-37-21-14(2)7-15(27(29,30)31)8-16(21)20-22(32)33-12-34-24(20)37/h5-8,12,17H,9-11H2,1-4H3,(H2,32,33,34)(H,35,36,40)/t17-/m0/s1. The first-order valence-corrected chi connectivity index (χ1v) is 13.3. The van der Waals surface area contributed by atoms with Gasteiger partial charge in [-0.05, 0) is 70.9 Å². The van der Waals surface area contributed by atoms with Crippen molar-refractivity contribution < 1.29 is 22.8 Å². The van der Waals surface area contributed by atoms with Crippen molar-refractivity contribution in [3.63, 3.8) is 0 Å². The number of nitrogen functional groups attached to an aromatic ring is 1. The molecule has 1 aromatic carbocycles. The number of rotatable bonds is 4. The number of amides is 2. The van der Waals surface area contributed by atoms with Gasteiger partial charge in [0.05, 0.1) is 16.5 Å². The number of nitrogens with one attached hydrogen (secondary N) is 1. The summed E-state index contributed by atoms with van der Waals surface area (Å²) in [6.07, 6.45) is -2.94. The lowest BCUT2D eigenvalue weighted by Gasteiger charge is -2.25. The van der Waals surface area contributed by atoms with E-state index < -0.39 is 17.8 Å². The third-order valence-corrected chi connectivity index (χ3v) is 7.66. The molecule has 4 heterocycles. The first-order valence-electron chi connectivity index (χ1n) is 12.5. The second-order valence-electron chi connectivity index (χ2n) is 10.9. The summed E-state index contributed by atoms with van der Waals surface area (Å²) >= 11 is 3.31. The zero-order chi connectivity index (χ0) is 29.1. The number of aromatic nitrogens is 4. The van der Waals surface area contributed by atoms with Crippen LogP contribution >= 0.6 is 15.9 Å². The number of hydrogen-bond donors (Lipinski definition) is 2. The number of anilines is 2. The summed E-state index contributed by atoms with van der Waals surface area (Å²) in [5.74, 6) is -0.342. The van der Waals surface area contributed by atoms with Gasteiger partial charge in [0.25, 0.3) is 0 Å². The lowest BCUT2D eigenvalue weighted by atomic mass is 9.90. The van der Waals surface area contributed by atoms with Gasteiger partial charge in [-0.25, -0.2) is 15.0 Å². The van der Waals surface area contributed by atoms with E-state index in [9.17, 15) is 22.8 Å². The number of likely N-dealkylation sites (tertiary alicyclic amines) is 1. The first kappa shape index (κ1) is 27.8. The molecule has 4 aromatic rings. The molecule has 2 amide bonds. The number of nitrogens with zero attached hydrogens (tertiary/aromatic N) is 5. The van der Waals surface area contributed by atoms with Gasteiger partial charge < -0.3 is 20.5 Å². The Bertz CT molecular complexity index is 1680. The summed E-state index contributed by atoms with van der Waals surface area (Å²) in [4.78, 5) is 41.4. The summed E-state index contributed by atoms with van der Waals surface area (Å²) in [5.41, 5.74) is 6.63. The van der Waals surface area contributed by atoms with Gasteiger partial charge in [0.2, 0.25) is 11.8 Å². The van der Waals surface area contributed by atoms with Gasteiger partial charge in [0.15, 0.2) is 0 Å². The number of pyridine rings is 1. The predicted octanol–water partition coefficient (Wildman–Crippen LogP) is 5.23. The molecule has 0 spiro atoms. The van der Waals surface area contributed by atoms with Gasteiger partial charge in [-0.15, -0.1) is 0 Å². The molecule has 0 bridgehead atoms. The van der Waals surface area contributed by atoms with Crippen LogP contribution in [-0.4, -0.2) is 48.8 Å². The highest BCUT2D eigenvalue weighted by Gasteiger charge is 2.44. The maximum absolute atomic E-state index is 13.8. The third kappa shape index (κ3) is 4.98. The van der Waals surface area contributed by atoms with Crippen LogP contribution < -0.4 is 11.1 Å². The Morgan fingerprint density at radius 2 is 1.90 bits per heavy atom. The maximum atomic E-state index is 13.8. The van der Waals surface area contributed by atoms with E-state index in [1.807, 2.05) is 26.8 Å². The Morgan fingerprint density at radius 1 is 1.18 bits per heavy atom. The molecule has 5 rings (SSSR count). The molecule has 3 N–H and O–H groups in total. The van der Waals surface area contributed by atoms with Crippen molar-refractivity contribution in [1.29, 1.82) is 0 Å². The van der Waals surface area contributed by atoms with Crippen LogP contribution in [0.25, 0.3) is 21.9 Å². The second-order valence-corrected chi connectivity index (χ2v) is 11.7. The van der Waals surface area contributed by atoms with Gasteiger partial charge >= 0.3 is 6.18 Å². The van der Waals surface area contributed by atoms with Gasteiger partial charge in [-0.1, -0.05) is 19.9 Å². The fourth-order valence-electron chi connectivity index (χ4n) is 5.43. The van der Waals surface area contributed by atoms with Crippen molar-refractivity contribution in [3.05, 3.63) is 51.9 Å². The van der Waals surface area contributed by atoms with Crippen LogP contribution in [0.5, 0.6) is 0 Å². The van der Waals surface area contributed by atoms with Crippen LogP contribution in [0.3, 0.4) is 0 Å². The number of carbonyl (C=O) groups is 2. The SMILES string of the molecule is Cc1ccc(Br)nc1NC(=O)[C@@H]1CC(C)(C)CN1C(=O)Cn1c2ncnc(N)c2c2cc(C(F)(F)F)cc(C)c21. The molecular formula is C27H27BrF3N7O2. The van der Waals surface area contributed by atoms with Gasteiger partial charge in [-0.2, -0.15) is 13.2 Å². The highest BCUT2D eigenvalue weighted by molar-refractivity contribution is 9.10. The summed E-state index contributed by atoms with van der Waals surface area (Å²) < 4.78 is 43.0. The molecule has 0 unspecified atom stereocenters. The molecule has 1 saturated heterocycles. The minimum atomic E-state index is -4.57. The van der Waals surface area contributed by atoms with Crippen LogP contribution in [-0.2, 0) is 22.3 Å². The van der Waals surface area contributed by atoms with E-state index in [2.05, 4.69) is 36.2 Å². The van der Waals surface area contributed by atoms with Gasteiger partial charge in [0.1, 0.15) is 40.8 Å². The normalized spacial score (nSPS) is 17.1. The number of hydrogen-bond acceptors (Lipinski definition) is 6. The highest BCUT2D eigenvalue weighted by atomic mass is 79.9. The maximum Gasteiger partial charge on any atom is 0.416 e. The Morgan fingerprint density at radius 3 is 2.60 bits per heavy atom. The summed E-state index contributed by atoms with van der Waals surface area (Å²) in [5, 5.41) is 3.30. The fourth-order valence-corrected chi connectivity index (χ4v) is 5.74. The zero-order valence-corrected chi connectivity index (χ0v) is 23.8. The fraction of sp³-hybridized carbons (Fsp3) is 0.370. The lowest BCUT2D eigenvalue weighted by Crippen LogP contribution is -2.44. The summed E-state index contributed by atoms with van der Waals surface area (Å²) in [7, 11) is 0. The van der Waals surface area contributed by atoms with Crippen LogP contribution in [0.2, 0.25) is 0 Å². The van der Waals surface area contributed by atoms with Crippen LogP contribution in [0.1, 0.15) is 37.0 Å². The van der Waals surface area contributed by atoms with Crippen molar-refractivity contribution in [2.24, 2.45) is 5.41 Å². The topological polar surface area (TPSA) is 119 Å². The largest absolute Gasteiger partial charge is 0.416 e. The van der Waals surface area contributed by atoms with Crippen LogP contribution in [0.4, 0.5) is 24.8 Å². The molecule has 40 heavy (non-hydrogen) atoms. The number of carbonyl (C=O) groups excluding carboxylic acids is 2. The molecule has 1 atom stereocenters. The number of nitrogens with two attached hydrogens (primary N) is 1. The number of halogens is 4. The molecule has 3 aromatic heterocycles. The van der Waals surface area contributed by atoms with Crippen molar-refractivity contribution in [3.8, 4) is 0 Å². The summed E-state index contributed by atoms with van der Waals surface area (Å²) in [6, 6.07) is 4.85. The van der Waals surface area contributed by atoms with E-state index in [0.29, 0.717) is 34.5 Å². The minimum absolute atomic E-state index is 0.0105. The molecule has 0 saturated carbocycles. The quantitative estimate of drug-likeness (QED) is 0.303. The molecule has 9 nitrogen and oxygen atoms in total.